The van der Waals surface area contributed by atoms with E-state index >= 15 is 0 Å². The molecule has 3 N–H and O–H groups in total. The van der Waals surface area contributed by atoms with Gasteiger partial charge in [-0.15, -0.1) is 0 Å². The van der Waals surface area contributed by atoms with Crippen LogP contribution in [0.15, 0.2) is 59.5 Å². The molecule has 134 valence electrons. The van der Waals surface area contributed by atoms with Gasteiger partial charge in [-0.3, -0.25) is 4.79 Å². The summed E-state index contributed by atoms with van der Waals surface area (Å²) in [5, 5.41) is 0. The lowest BCUT2D eigenvalue weighted by Gasteiger charge is -2.21. The van der Waals surface area contributed by atoms with Gasteiger partial charge in [0.1, 0.15) is 0 Å². The molecule has 25 heavy (non-hydrogen) atoms. The highest BCUT2D eigenvalue weighted by Crippen LogP contribution is 2.18. The molecule has 0 aliphatic carbocycles. The zero-order valence-electron chi connectivity index (χ0n) is 14.5. The number of carbonyl (C=O) groups excluding carboxylic acids is 1. The van der Waals surface area contributed by atoms with Gasteiger partial charge in [0.15, 0.2) is 0 Å². The van der Waals surface area contributed by atoms with Gasteiger partial charge in [0.25, 0.3) is 0 Å². The van der Waals surface area contributed by atoms with Crippen LogP contribution in [0.3, 0.4) is 0 Å². The smallest absolute Gasteiger partial charge is 0.248 e. The number of sulfonamides is 1. The fourth-order valence-electron chi connectivity index (χ4n) is 2.58. The van der Waals surface area contributed by atoms with E-state index in [0.29, 0.717) is 12.5 Å². The minimum atomic E-state index is -3.69. The van der Waals surface area contributed by atoms with Crippen LogP contribution in [0.1, 0.15) is 29.8 Å². The minimum Gasteiger partial charge on any atom is -0.366 e. The first-order valence-electron chi connectivity index (χ1n) is 8.23. The molecule has 0 unspecified atom stereocenters. The van der Waals surface area contributed by atoms with E-state index in [1.807, 2.05) is 30.3 Å². The summed E-state index contributed by atoms with van der Waals surface area (Å²) in [6, 6.07) is 15.8. The standard InChI is InChI=1S/C19H24N2O3S/c1-14(2)17(11-15-7-4-3-5-8-15)13-21-25(23,24)18-10-6-9-16(12-18)19(20)22/h3-10,12,14,17,21H,11,13H2,1-2H3,(H2,20,22)/t17-/m1/s1. The highest BCUT2D eigenvalue weighted by Gasteiger charge is 2.20. The van der Waals surface area contributed by atoms with Crippen LogP contribution in [0.2, 0.25) is 0 Å². The number of nitrogens with one attached hydrogen (secondary N) is 1. The molecule has 0 aliphatic rings. The second-order valence-corrected chi connectivity index (χ2v) is 8.20. The lowest BCUT2D eigenvalue weighted by molar-refractivity contribution is 0.1000. The van der Waals surface area contributed by atoms with Crippen LogP contribution < -0.4 is 10.5 Å². The second kappa shape index (κ2) is 8.27. The summed E-state index contributed by atoms with van der Waals surface area (Å²) in [4.78, 5) is 11.3. The molecule has 0 heterocycles. The summed E-state index contributed by atoms with van der Waals surface area (Å²) in [6.45, 7) is 4.49. The van der Waals surface area contributed by atoms with Crippen LogP contribution in [0, 0.1) is 11.8 Å². The molecule has 0 radical (unpaired) electrons. The molecule has 0 saturated carbocycles. The Balaban J connectivity index is 2.11. The topological polar surface area (TPSA) is 89.3 Å². The summed E-state index contributed by atoms with van der Waals surface area (Å²) in [5.41, 5.74) is 6.57. The van der Waals surface area contributed by atoms with Crippen molar-refractivity contribution in [2.45, 2.75) is 25.2 Å². The van der Waals surface area contributed by atoms with Gasteiger partial charge in [0.2, 0.25) is 15.9 Å². The number of hydrogen-bond acceptors (Lipinski definition) is 3. The Bertz CT molecular complexity index is 818. The van der Waals surface area contributed by atoms with E-state index in [1.165, 1.54) is 29.8 Å². The largest absolute Gasteiger partial charge is 0.366 e. The molecule has 5 nitrogen and oxygen atoms in total. The molecule has 0 saturated heterocycles. The molecule has 0 aliphatic heterocycles. The summed E-state index contributed by atoms with van der Waals surface area (Å²) >= 11 is 0. The third-order valence-electron chi connectivity index (χ3n) is 4.25. The molecule has 2 rings (SSSR count). The number of hydrogen-bond donors (Lipinski definition) is 2. The number of nitrogens with two attached hydrogens (primary N) is 1. The second-order valence-electron chi connectivity index (χ2n) is 6.44. The SMILES string of the molecule is CC(C)[C@@H](CNS(=O)(=O)c1cccc(C(N)=O)c1)Cc1ccccc1. The number of rotatable bonds is 8. The van der Waals surface area contributed by atoms with Crippen molar-refractivity contribution < 1.29 is 13.2 Å². The van der Waals surface area contributed by atoms with Gasteiger partial charge < -0.3 is 5.73 Å². The maximum Gasteiger partial charge on any atom is 0.248 e. The molecule has 2 aromatic rings. The molecule has 0 fully saturated rings. The van der Waals surface area contributed by atoms with Crippen LogP contribution in [-0.2, 0) is 16.4 Å². The van der Waals surface area contributed by atoms with Gasteiger partial charge in [-0.05, 0) is 42.0 Å². The Hall–Kier alpha value is -2.18. The fourth-order valence-corrected chi connectivity index (χ4v) is 3.72. The van der Waals surface area contributed by atoms with Gasteiger partial charge in [-0.2, -0.15) is 0 Å². The molecule has 0 aromatic heterocycles. The third kappa shape index (κ3) is 5.41. The molecule has 1 atom stereocenters. The monoisotopic (exact) mass is 360 g/mol. The van der Waals surface area contributed by atoms with E-state index in [2.05, 4.69) is 18.6 Å². The van der Waals surface area contributed by atoms with Crippen molar-refractivity contribution in [1.82, 2.24) is 4.72 Å². The Labute approximate surface area is 149 Å². The van der Waals surface area contributed by atoms with Crippen LogP contribution >= 0.6 is 0 Å². The highest BCUT2D eigenvalue weighted by atomic mass is 32.2. The summed E-state index contributed by atoms with van der Waals surface area (Å²) in [5.74, 6) is -0.169. The van der Waals surface area contributed by atoms with Crippen molar-refractivity contribution in [1.29, 1.82) is 0 Å². The first-order chi connectivity index (χ1) is 11.8. The Morgan fingerprint density at radius 1 is 1.08 bits per heavy atom. The summed E-state index contributed by atoms with van der Waals surface area (Å²) in [7, 11) is -3.69. The van der Waals surface area contributed by atoms with E-state index in [4.69, 9.17) is 5.73 Å². The number of primary amides is 1. The average molecular weight is 360 g/mol. The zero-order chi connectivity index (χ0) is 18.4. The summed E-state index contributed by atoms with van der Waals surface area (Å²) in [6.07, 6.45) is 0.794. The van der Waals surface area contributed by atoms with E-state index in [9.17, 15) is 13.2 Å². The first kappa shape index (κ1) is 19.1. The number of carbonyl (C=O) groups is 1. The van der Waals surface area contributed by atoms with Crippen molar-refractivity contribution >= 4 is 15.9 Å². The predicted octanol–water partition coefficient (Wildman–Crippen LogP) is 2.58. The molecule has 0 spiro atoms. The van der Waals surface area contributed by atoms with Crippen molar-refractivity contribution in [2.75, 3.05) is 6.54 Å². The van der Waals surface area contributed by atoms with E-state index in [1.54, 1.807) is 0 Å². The number of amides is 1. The minimum absolute atomic E-state index is 0.0472. The zero-order valence-corrected chi connectivity index (χ0v) is 15.3. The Kier molecular flexibility index (Phi) is 6.33. The molecule has 1 amide bonds. The van der Waals surface area contributed by atoms with Gasteiger partial charge in [-0.1, -0.05) is 50.2 Å². The quantitative estimate of drug-likeness (QED) is 0.758. The normalized spacial score (nSPS) is 12.9. The first-order valence-corrected chi connectivity index (χ1v) is 9.71. The van der Waals surface area contributed by atoms with Crippen molar-refractivity contribution in [3.05, 3.63) is 65.7 Å². The van der Waals surface area contributed by atoms with Crippen molar-refractivity contribution in [2.24, 2.45) is 17.6 Å². The lowest BCUT2D eigenvalue weighted by atomic mass is 9.89. The predicted molar refractivity (Wildman–Crippen MR) is 98.6 cm³/mol. The highest BCUT2D eigenvalue weighted by molar-refractivity contribution is 7.89. The van der Waals surface area contributed by atoms with E-state index in [0.717, 1.165) is 6.42 Å². The Morgan fingerprint density at radius 2 is 1.76 bits per heavy atom. The Morgan fingerprint density at radius 3 is 2.36 bits per heavy atom. The van der Waals surface area contributed by atoms with E-state index in [-0.39, 0.29) is 16.4 Å². The van der Waals surface area contributed by atoms with Crippen LogP contribution in [0.4, 0.5) is 0 Å². The molecule has 2 aromatic carbocycles. The fraction of sp³-hybridized carbons (Fsp3) is 0.316. The maximum absolute atomic E-state index is 12.5. The molecule has 0 bridgehead atoms. The average Bonchev–Trinajstić information content (AvgIpc) is 2.59. The van der Waals surface area contributed by atoms with Gasteiger partial charge in [0, 0.05) is 12.1 Å². The molecule has 6 heteroatoms. The van der Waals surface area contributed by atoms with Gasteiger partial charge >= 0.3 is 0 Å². The van der Waals surface area contributed by atoms with Gasteiger partial charge in [0.05, 0.1) is 4.90 Å². The third-order valence-corrected chi connectivity index (χ3v) is 5.67. The summed E-state index contributed by atoms with van der Waals surface area (Å²) < 4.78 is 27.7. The molecular formula is C19H24N2O3S. The number of benzene rings is 2. The van der Waals surface area contributed by atoms with E-state index < -0.39 is 15.9 Å². The van der Waals surface area contributed by atoms with Crippen LogP contribution in [-0.4, -0.2) is 20.9 Å². The van der Waals surface area contributed by atoms with Crippen molar-refractivity contribution in [3.63, 3.8) is 0 Å². The molecular weight excluding hydrogens is 336 g/mol. The maximum atomic E-state index is 12.5. The van der Waals surface area contributed by atoms with Crippen LogP contribution in [0.25, 0.3) is 0 Å². The van der Waals surface area contributed by atoms with Crippen molar-refractivity contribution in [3.8, 4) is 0 Å². The lowest BCUT2D eigenvalue weighted by Crippen LogP contribution is -2.32. The van der Waals surface area contributed by atoms with Gasteiger partial charge in [-0.25, -0.2) is 13.1 Å². The van der Waals surface area contributed by atoms with Crippen LogP contribution in [0.5, 0.6) is 0 Å².